The van der Waals surface area contributed by atoms with Gasteiger partial charge in [-0.25, -0.2) is 0 Å². The van der Waals surface area contributed by atoms with Gasteiger partial charge in [0.05, 0.1) is 30.8 Å². The van der Waals surface area contributed by atoms with Crippen molar-refractivity contribution in [3.63, 3.8) is 0 Å². The van der Waals surface area contributed by atoms with Gasteiger partial charge in [-0.2, -0.15) is 0 Å². The van der Waals surface area contributed by atoms with Crippen LogP contribution in [0.5, 0.6) is 0 Å². The maximum atomic E-state index is 13.4. The summed E-state index contributed by atoms with van der Waals surface area (Å²) >= 11 is 0. The molecular weight excluding hydrogens is 440 g/mol. The van der Waals surface area contributed by atoms with Crippen LogP contribution in [0.4, 0.5) is 0 Å². The first-order valence-electron chi connectivity index (χ1n) is 14.2. The molecule has 2 saturated heterocycles. The maximum Gasteiger partial charge on any atom is 0.312 e. The monoisotopic (exact) mass is 486 g/mol. The third kappa shape index (κ3) is 2.69. The van der Waals surface area contributed by atoms with E-state index in [2.05, 4.69) is 33.8 Å². The lowest BCUT2D eigenvalue weighted by Crippen LogP contribution is -2.68. The summed E-state index contributed by atoms with van der Waals surface area (Å²) in [6.45, 7) is 12.2. The molecule has 2 heterocycles. The van der Waals surface area contributed by atoms with Crippen molar-refractivity contribution in [3.05, 3.63) is 11.6 Å². The number of esters is 1. The summed E-state index contributed by atoms with van der Waals surface area (Å²) in [7, 11) is 0. The highest BCUT2D eigenvalue weighted by Gasteiger charge is 2.71. The predicted molar refractivity (Wildman–Crippen MR) is 133 cm³/mol. The van der Waals surface area contributed by atoms with E-state index in [4.69, 9.17) is 4.74 Å². The minimum absolute atomic E-state index is 0.00939. The fraction of sp³-hybridized carbons (Fsp3) is 0.900. The maximum absolute atomic E-state index is 13.4. The summed E-state index contributed by atoms with van der Waals surface area (Å²) in [5, 5.41) is 32.4. The molecule has 3 N–H and O–H groups in total. The molecule has 0 aromatic rings. The fourth-order valence-corrected chi connectivity index (χ4v) is 11.5. The third-order valence-electron chi connectivity index (χ3n) is 13.7. The SMILES string of the molecule is CC1C2CCC3(CCC4(C)C(=CCC5C6(C)CC(O)C(O)C(C)(CO)C6CCC54C)C13)C(=O)OC2. The topological polar surface area (TPSA) is 87.0 Å². The molecule has 7 rings (SSSR count). The van der Waals surface area contributed by atoms with Crippen LogP contribution in [0.25, 0.3) is 0 Å². The van der Waals surface area contributed by atoms with E-state index in [1.807, 2.05) is 6.92 Å². The summed E-state index contributed by atoms with van der Waals surface area (Å²) in [6.07, 6.45) is 8.39. The standard InChI is InChI=1S/C30H46O5/c1-17-18-8-11-30(25(34)35-15-18)13-12-28(4)19(23(17)30)6-7-22-26(2)14-20(32)24(33)27(3,16-31)21(26)9-10-29(22,28)5/h6,17-18,20-24,31-33H,7-16H2,1-5H3. The van der Waals surface area contributed by atoms with Crippen molar-refractivity contribution in [1.82, 2.24) is 0 Å². The smallest absolute Gasteiger partial charge is 0.312 e. The Balaban J connectivity index is 1.46. The van der Waals surface area contributed by atoms with Gasteiger partial charge in [0.25, 0.3) is 0 Å². The second-order valence-electron chi connectivity index (χ2n) is 14.6. The van der Waals surface area contributed by atoms with Crippen molar-refractivity contribution in [1.29, 1.82) is 0 Å². The first-order valence-corrected chi connectivity index (χ1v) is 14.2. The molecule has 2 bridgehead atoms. The van der Waals surface area contributed by atoms with Crippen LogP contribution in [0.1, 0.15) is 86.0 Å². The van der Waals surface area contributed by atoms with E-state index in [1.54, 1.807) is 0 Å². The lowest BCUT2D eigenvalue weighted by atomic mass is 9.33. The zero-order chi connectivity index (χ0) is 25.2. The molecule has 4 saturated carbocycles. The van der Waals surface area contributed by atoms with Gasteiger partial charge in [0.1, 0.15) is 0 Å². The predicted octanol–water partition coefficient (Wildman–Crippen LogP) is 4.49. The van der Waals surface area contributed by atoms with E-state index in [0.29, 0.717) is 30.8 Å². The average molecular weight is 487 g/mol. The molecule has 0 amide bonds. The fourth-order valence-electron chi connectivity index (χ4n) is 11.5. The molecule has 7 aliphatic rings. The minimum atomic E-state index is -0.886. The number of fused-ring (bicyclic) bond motifs is 8. The van der Waals surface area contributed by atoms with Crippen LogP contribution < -0.4 is 0 Å². The molecule has 0 aromatic carbocycles. The van der Waals surface area contributed by atoms with Crippen molar-refractivity contribution >= 4 is 5.97 Å². The van der Waals surface area contributed by atoms with Crippen LogP contribution in [0.15, 0.2) is 11.6 Å². The van der Waals surface area contributed by atoms with Crippen molar-refractivity contribution in [3.8, 4) is 0 Å². The van der Waals surface area contributed by atoms with Gasteiger partial charge >= 0.3 is 5.97 Å². The minimum Gasteiger partial charge on any atom is -0.465 e. The van der Waals surface area contributed by atoms with Crippen molar-refractivity contribution in [2.24, 2.45) is 56.7 Å². The normalized spacial score (nSPS) is 59.3. The first-order chi connectivity index (χ1) is 16.4. The summed E-state index contributed by atoms with van der Waals surface area (Å²) in [4.78, 5) is 13.4. The van der Waals surface area contributed by atoms with Crippen LogP contribution in [0.3, 0.4) is 0 Å². The molecule has 6 fully saturated rings. The molecular formula is C30H46O5. The van der Waals surface area contributed by atoms with E-state index in [0.717, 1.165) is 44.9 Å². The lowest BCUT2D eigenvalue weighted by molar-refractivity contribution is -0.243. The summed E-state index contributed by atoms with van der Waals surface area (Å²) in [5.41, 5.74) is 0.404. The van der Waals surface area contributed by atoms with Crippen molar-refractivity contribution in [2.45, 2.75) is 98.2 Å². The summed E-state index contributed by atoms with van der Waals surface area (Å²) < 4.78 is 5.87. The zero-order valence-corrected chi connectivity index (χ0v) is 22.3. The molecule has 0 aromatic heterocycles. The Morgan fingerprint density at radius 3 is 2.49 bits per heavy atom. The Kier molecular flexibility index (Phi) is 5.13. The van der Waals surface area contributed by atoms with Gasteiger partial charge in [0.15, 0.2) is 0 Å². The molecule has 196 valence electrons. The van der Waals surface area contributed by atoms with Gasteiger partial charge in [0, 0.05) is 5.41 Å². The third-order valence-corrected chi connectivity index (χ3v) is 13.7. The number of aliphatic hydroxyl groups excluding tert-OH is 3. The van der Waals surface area contributed by atoms with Crippen LogP contribution in [0.2, 0.25) is 0 Å². The second kappa shape index (κ2) is 7.35. The van der Waals surface area contributed by atoms with E-state index in [-0.39, 0.29) is 46.1 Å². The highest BCUT2D eigenvalue weighted by atomic mass is 16.5. The average Bonchev–Trinajstić information content (AvgIpc) is 3.03. The van der Waals surface area contributed by atoms with Gasteiger partial charge in [-0.05, 0) is 97.2 Å². The highest BCUT2D eigenvalue weighted by Crippen LogP contribution is 2.76. The number of allylic oxidation sites excluding steroid dienone is 2. The number of aliphatic hydroxyl groups is 3. The van der Waals surface area contributed by atoms with Gasteiger partial charge in [-0.3, -0.25) is 4.79 Å². The molecule has 5 aliphatic carbocycles. The molecule has 5 nitrogen and oxygen atoms in total. The van der Waals surface area contributed by atoms with Crippen molar-refractivity contribution < 1.29 is 24.9 Å². The zero-order valence-electron chi connectivity index (χ0n) is 22.3. The van der Waals surface area contributed by atoms with E-state index >= 15 is 0 Å². The van der Waals surface area contributed by atoms with E-state index in [9.17, 15) is 20.1 Å². The lowest BCUT2D eigenvalue weighted by Gasteiger charge is -2.71. The van der Waals surface area contributed by atoms with Crippen LogP contribution in [-0.2, 0) is 9.53 Å². The number of hydrogen-bond acceptors (Lipinski definition) is 5. The van der Waals surface area contributed by atoms with E-state index < -0.39 is 17.6 Å². The van der Waals surface area contributed by atoms with E-state index in [1.165, 1.54) is 5.57 Å². The molecule has 1 spiro atoms. The Hall–Kier alpha value is -0.910. The highest BCUT2D eigenvalue weighted by molar-refractivity contribution is 5.79. The summed E-state index contributed by atoms with van der Waals surface area (Å²) in [5.74, 6) is 1.80. The van der Waals surface area contributed by atoms with Gasteiger partial charge < -0.3 is 20.1 Å². The van der Waals surface area contributed by atoms with Crippen molar-refractivity contribution in [2.75, 3.05) is 13.2 Å². The Morgan fingerprint density at radius 2 is 1.77 bits per heavy atom. The van der Waals surface area contributed by atoms with Gasteiger partial charge in [0.2, 0.25) is 0 Å². The first kappa shape index (κ1) is 24.4. The molecule has 5 heteroatoms. The molecule has 35 heavy (non-hydrogen) atoms. The molecule has 12 atom stereocenters. The van der Waals surface area contributed by atoms with Crippen LogP contribution in [0, 0.1) is 56.7 Å². The molecule has 2 aliphatic heterocycles. The number of carbonyl (C=O) groups excluding carboxylic acids is 1. The van der Waals surface area contributed by atoms with Crippen LogP contribution in [-0.4, -0.2) is 46.7 Å². The quantitative estimate of drug-likeness (QED) is 0.376. The Morgan fingerprint density at radius 1 is 1.03 bits per heavy atom. The van der Waals surface area contributed by atoms with Crippen LogP contribution >= 0.6 is 0 Å². The Labute approximate surface area is 210 Å². The Bertz CT molecular complexity index is 960. The molecule has 0 radical (unpaired) electrons. The summed E-state index contributed by atoms with van der Waals surface area (Å²) in [6, 6.07) is 0. The van der Waals surface area contributed by atoms with Gasteiger partial charge in [-0.15, -0.1) is 0 Å². The number of rotatable bonds is 1. The second-order valence-corrected chi connectivity index (χ2v) is 14.6. The molecule has 12 unspecified atom stereocenters. The van der Waals surface area contributed by atoms with Gasteiger partial charge in [-0.1, -0.05) is 46.3 Å². The number of carbonyl (C=O) groups is 1. The largest absolute Gasteiger partial charge is 0.465 e. The number of ether oxygens (including phenoxy) is 1. The number of hydrogen-bond donors (Lipinski definition) is 3.